The zero-order chi connectivity index (χ0) is 20.9. The molecule has 0 atom stereocenters. The minimum absolute atomic E-state index is 0.0173. The molecule has 0 bridgehead atoms. The van der Waals surface area contributed by atoms with Crippen molar-refractivity contribution in [3.8, 4) is 16.9 Å². The van der Waals surface area contributed by atoms with Gasteiger partial charge < -0.3 is 5.32 Å². The molecule has 1 heterocycles. The second-order valence-electron chi connectivity index (χ2n) is 6.64. The lowest BCUT2D eigenvalue weighted by Crippen LogP contribution is -2.23. The molecular formula is C23H18N4O3. The van der Waals surface area contributed by atoms with Crippen molar-refractivity contribution in [3.05, 3.63) is 112 Å². The summed E-state index contributed by atoms with van der Waals surface area (Å²) in [6.45, 7) is 0.385. The standard InChI is InChI=1S/C23H18N4O3/c28-23(24-15-17-7-3-1-4-8-17)21-16-26(19-9-5-2-6-10-19)25-22(21)18-11-13-20(14-12-18)27(29)30/h1-14,16H,15H2,(H,24,28). The number of carbonyl (C=O) groups is 1. The average molecular weight is 398 g/mol. The van der Waals surface area contributed by atoms with Gasteiger partial charge in [0.25, 0.3) is 11.6 Å². The van der Waals surface area contributed by atoms with Gasteiger partial charge in [-0.15, -0.1) is 0 Å². The second-order valence-corrected chi connectivity index (χ2v) is 6.64. The van der Waals surface area contributed by atoms with Gasteiger partial charge in [-0.3, -0.25) is 14.9 Å². The van der Waals surface area contributed by atoms with Gasteiger partial charge in [-0.2, -0.15) is 5.10 Å². The predicted octanol–water partition coefficient (Wildman–Crippen LogP) is 4.38. The van der Waals surface area contributed by atoms with Crippen LogP contribution in [0.15, 0.2) is 91.1 Å². The second kappa shape index (κ2) is 8.40. The Morgan fingerprint density at radius 3 is 2.20 bits per heavy atom. The summed E-state index contributed by atoms with van der Waals surface area (Å²) in [5.41, 5.74) is 3.25. The minimum Gasteiger partial charge on any atom is -0.348 e. The lowest BCUT2D eigenvalue weighted by Gasteiger charge is -2.05. The van der Waals surface area contributed by atoms with Gasteiger partial charge in [0.2, 0.25) is 0 Å². The molecule has 0 spiro atoms. The van der Waals surface area contributed by atoms with Gasteiger partial charge >= 0.3 is 0 Å². The Hall–Kier alpha value is -4.26. The van der Waals surface area contributed by atoms with Crippen LogP contribution in [0.5, 0.6) is 0 Å². The van der Waals surface area contributed by atoms with E-state index < -0.39 is 4.92 Å². The van der Waals surface area contributed by atoms with E-state index >= 15 is 0 Å². The van der Waals surface area contributed by atoms with Crippen LogP contribution in [-0.4, -0.2) is 20.6 Å². The van der Waals surface area contributed by atoms with Crippen LogP contribution in [0.4, 0.5) is 5.69 Å². The Morgan fingerprint density at radius 2 is 1.57 bits per heavy atom. The number of nitro groups is 1. The number of non-ortho nitro benzene ring substituents is 1. The van der Waals surface area contributed by atoms with E-state index in [9.17, 15) is 14.9 Å². The highest BCUT2D eigenvalue weighted by atomic mass is 16.6. The van der Waals surface area contributed by atoms with Gasteiger partial charge in [0.15, 0.2) is 0 Å². The van der Waals surface area contributed by atoms with Crippen LogP contribution in [0.3, 0.4) is 0 Å². The Labute approximate surface area is 172 Å². The van der Waals surface area contributed by atoms with Gasteiger partial charge in [0.05, 0.1) is 16.2 Å². The number of amides is 1. The quantitative estimate of drug-likeness (QED) is 0.386. The number of nitro benzene ring substituents is 1. The third kappa shape index (κ3) is 4.10. The number of aromatic nitrogens is 2. The van der Waals surface area contributed by atoms with Crippen molar-refractivity contribution >= 4 is 11.6 Å². The number of benzene rings is 3. The number of rotatable bonds is 6. The molecule has 0 fully saturated rings. The van der Waals surface area contributed by atoms with Crippen molar-refractivity contribution in [1.82, 2.24) is 15.1 Å². The first-order chi connectivity index (χ1) is 14.6. The molecule has 4 aromatic rings. The molecule has 0 aliphatic rings. The molecular weight excluding hydrogens is 380 g/mol. The fourth-order valence-corrected chi connectivity index (χ4v) is 3.08. The SMILES string of the molecule is O=C(NCc1ccccc1)c1cn(-c2ccccc2)nc1-c1ccc([N+](=O)[O-])cc1. The molecule has 0 aliphatic heterocycles. The number of para-hydroxylation sites is 1. The summed E-state index contributed by atoms with van der Waals surface area (Å²) in [6.07, 6.45) is 1.67. The van der Waals surface area contributed by atoms with Crippen molar-refractivity contribution in [3.63, 3.8) is 0 Å². The maximum Gasteiger partial charge on any atom is 0.269 e. The van der Waals surface area contributed by atoms with Crippen LogP contribution in [-0.2, 0) is 6.54 Å². The van der Waals surface area contributed by atoms with Crippen molar-refractivity contribution in [1.29, 1.82) is 0 Å². The van der Waals surface area contributed by atoms with Crippen molar-refractivity contribution < 1.29 is 9.72 Å². The van der Waals surface area contributed by atoms with E-state index in [1.807, 2.05) is 60.7 Å². The van der Waals surface area contributed by atoms with Crippen LogP contribution in [0.1, 0.15) is 15.9 Å². The predicted molar refractivity (Wildman–Crippen MR) is 113 cm³/mol. The van der Waals surface area contributed by atoms with E-state index in [4.69, 9.17) is 0 Å². The third-order valence-corrected chi connectivity index (χ3v) is 4.63. The zero-order valence-electron chi connectivity index (χ0n) is 15.9. The summed E-state index contributed by atoms with van der Waals surface area (Å²) in [5.74, 6) is -0.269. The van der Waals surface area contributed by atoms with Crippen LogP contribution in [0.2, 0.25) is 0 Å². The highest BCUT2D eigenvalue weighted by Gasteiger charge is 2.19. The molecule has 1 amide bonds. The Kier molecular flexibility index (Phi) is 5.34. The average Bonchev–Trinajstić information content (AvgIpc) is 3.24. The van der Waals surface area contributed by atoms with Gasteiger partial charge in [0, 0.05) is 30.4 Å². The molecule has 7 heteroatoms. The van der Waals surface area contributed by atoms with Crippen LogP contribution >= 0.6 is 0 Å². The summed E-state index contributed by atoms with van der Waals surface area (Å²) in [4.78, 5) is 23.5. The lowest BCUT2D eigenvalue weighted by molar-refractivity contribution is -0.384. The first-order valence-corrected chi connectivity index (χ1v) is 9.34. The molecule has 0 radical (unpaired) electrons. The highest BCUT2D eigenvalue weighted by molar-refractivity contribution is 6.00. The molecule has 0 unspecified atom stereocenters. The molecule has 3 aromatic carbocycles. The zero-order valence-corrected chi connectivity index (χ0v) is 15.9. The Bertz CT molecular complexity index is 1170. The Balaban J connectivity index is 1.69. The first kappa shape index (κ1) is 19.1. The van der Waals surface area contributed by atoms with Crippen LogP contribution < -0.4 is 5.32 Å². The Morgan fingerprint density at radius 1 is 0.933 bits per heavy atom. The van der Waals surface area contributed by atoms with Crippen molar-refractivity contribution in [2.45, 2.75) is 6.54 Å². The summed E-state index contributed by atoms with van der Waals surface area (Å²) >= 11 is 0. The van der Waals surface area contributed by atoms with Gasteiger partial charge in [0.1, 0.15) is 5.69 Å². The minimum atomic E-state index is -0.459. The van der Waals surface area contributed by atoms with E-state index in [0.29, 0.717) is 23.4 Å². The number of hydrogen-bond donors (Lipinski definition) is 1. The molecule has 7 nitrogen and oxygen atoms in total. The fraction of sp³-hybridized carbons (Fsp3) is 0.0435. The van der Waals surface area contributed by atoms with E-state index in [-0.39, 0.29) is 11.6 Å². The number of nitrogens with one attached hydrogen (secondary N) is 1. The first-order valence-electron chi connectivity index (χ1n) is 9.34. The molecule has 0 saturated carbocycles. The fourth-order valence-electron chi connectivity index (χ4n) is 3.08. The van der Waals surface area contributed by atoms with Gasteiger partial charge in [-0.25, -0.2) is 4.68 Å². The molecule has 148 valence electrons. The molecule has 4 rings (SSSR count). The molecule has 1 aromatic heterocycles. The molecule has 0 saturated heterocycles. The van der Waals surface area contributed by atoms with E-state index in [2.05, 4.69) is 10.4 Å². The number of hydrogen-bond acceptors (Lipinski definition) is 4. The smallest absolute Gasteiger partial charge is 0.269 e. The number of nitrogens with zero attached hydrogens (tertiary/aromatic N) is 3. The van der Waals surface area contributed by atoms with E-state index in [1.54, 1.807) is 23.0 Å². The lowest BCUT2D eigenvalue weighted by atomic mass is 10.1. The monoisotopic (exact) mass is 398 g/mol. The summed E-state index contributed by atoms with van der Waals surface area (Å²) in [5, 5.41) is 18.5. The summed E-state index contributed by atoms with van der Waals surface area (Å²) < 4.78 is 1.63. The van der Waals surface area contributed by atoms with E-state index in [0.717, 1.165) is 11.3 Å². The molecule has 0 aliphatic carbocycles. The largest absolute Gasteiger partial charge is 0.348 e. The maximum absolute atomic E-state index is 13.0. The van der Waals surface area contributed by atoms with E-state index in [1.165, 1.54) is 12.1 Å². The maximum atomic E-state index is 13.0. The van der Waals surface area contributed by atoms with Crippen LogP contribution in [0.25, 0.3) is 16.9 Å². The summed E-state index contributed by atoms with van der Waals surface area (Å²) in [7, 11) is 0. The van der Waals surface area contributed by atoms with Crippen molar-refractivity contribution in [2.24, 2.45) is 0 Å². The molecule has 1 N–H and O–H groups in total. The van der Waals surface area contributed by atoms with Gasteiger partial charge in [-0.05, 0) is 29.8 Å². The van der Waals surface area contributed by atoms with Crippen LogP contribution in [0, 0.1) is 10.1 Å². The number of carbonyl (C=O) groups excluding carboxylic acids is 1. The topological polar surface area (TPSA) is 90.1 Å². The van der Waals surface area contributed by atoms with Crippen molar-refractivity contribution in [2.75, 3.05) is 0 Å². The third-order valence-electron chi connectivity index (χ3n) is 4.63. The normalized spacial score (nSPS) is 10.5. The highest BCUT2D eigenvalue weighted by Crippen LogP contribution is 2.26. The molecule has 30 heavy (non-hydrogen) atoms. The van der Waals surface area contributed by atoms with Gasteiger partial charge in [-0.1, -0.05) is 48.5 Å². The summed E-state index contributed by atoms with van der Waals surface area (Å²) in [6, 6.07) is 25.1.